The molecule has 0 atom stereocenters. The smallest absolute Gasteiger partial charge is 0.166 e. The van der Waals surface area contributed by atoms with Crippen LogP contribution in [0.2, 0.25) is 5.02 Å². The van der Waals surface area contributed by atoms with E-state index in [2.05, 4.69) is 0 Å². The van der Waals surface area contributed by atoms with Crippen molar-refractivity contribution >= 4 is 38.1 Å². The molecule has 0 bridgehead atoms. The van der Waals surface area contributed by atoms with Gasteiger partial charge in [-0.05, 0) is 42.0 Å². The van der Waals surface area contributed by atoms with Gasteiger partial charge in [-0.15, -0.1) is 15.5 Å². The molecule has 0 fully saturated rings. The van der Waals surface area contributed by atoms with Gasteiger partial charge in [0, 0.05) is 5.02 Å². The molecule has 0 unspecified atom stereocenters. The van der Waals surface area contributed by atoms with E-state index in [0.717, 1.165) is 24.3 Å². The summed E-state index contributed by atoms with van der Waals surface area (Å²) in [5.74, 6) is 0. The molecule has 0 saturated heterocycles. The molecular formula is C15H9Cl2F7S. The zero-order valence-corrected chi connectivity index (χ0v) is 14.3. The summed E-state index contributed by atoms with van der Waals surface area (Å²) in [6, 6.07) is 5.26. The normalized spacial score (nSPS) is 16.3. The maximum absolute atomic E-state index is 14.3. The molecule has 0 amide bonds. The van der Waals surface area contributed by atoms with Crippen molar-refractivity contribution in [3.63, 3.8) is 0 Å². The van der Waals surface area contributed by atoms with Crippen LogP contribution in [0.4, 0.5) is 28.7 Å². The minimum absolute atomic E-state index is 0.0186. The Labute approximate surface area is 148 Å². The molecule has 0 radical (unpaired) electrons. The fourth-order valence-electron chi connectivity index (χ4n) is 1.88. The third kappa shape index (κ3) is 4.62. The Balaban J connectivity index is 2.50. The molecule has 0 saturated carbocycles. The molecule has 10 heteroatoms. The number of benzene rings is 2. The van der Waals surface area contributed by atoms with E-state index in [1.807, 2.05) is 0 Å². The summed E-state index contributed by atoms with van der Waals surface area (Å²) in [5, 5.41) is -1.77. The molecule has 2 aromatic carbocycles. The van der Waals surface area contributed by atoms with Gasteiger partial charge in [0.1, 0.15) is 0 Å². The van der Waals surface area contributed by atoms with Gasteiger partial charge in [-0.2, -0.15) is 13.2 Å². The third-order valence-corrected chi connectivity index (χ3v) is 5.81. The molecule has 0 aliphatic rings. The van der Waals surface area contributed by atoms with Crippen LogP contribution in [0.5, 0.6) is 0 Å². The lowest BCUT2D eigenvalue weighted by Gasteiger charge is -2.47. The lowest BCUT2D eigenvalue weighted by Crippen LogP contribution is -2.10. The Kier molecular flexibility index (Phi) is 4.43. The highest BCUT2D eigenvalue weighted by molar-refractivity contribution is 8.52. The molecule has 0 aliphatic carbocycles. The van der Waals surface area contributed by atoms with Crippen LogP contribution in [-0.2, 0) is 6.18 Å². The summed E-state index contributed by atoms with van der Waals surface area (Å²) in [5.41, 5.74) is -1.47. The van der Waals surface area contributed by atoms with Crippen LogP contribution in [0.1, 0.15) is 11.1 Å². The molecule has 0 N–H and O–H groups in total. The van der Waals surface area contributed by atoms with E-state index < -0.39 is 42.5 Å². The molecule has 2 rings (SSSR count). The Morgan fingerprint density at radius 2 is 1.32 bits per heavy atom. The van der Waals surface area contributed by atoms with Crippen molar-refractivity contribution in [1.29, 1.82) is 0 Å². The Morgan fingerprint density at radius 1 is 0.840 bits per heavy atom. The number of hydrogen-bond acceptors (Lipinski definition) is 0. The van der Waals surface area contributed by atoms with Crippen LogP contribution >= 0.6 is 33.0 Å². The Morgan fingerprint density at radius 3 is 1.76 bits per heavy atom. The van der Waals surface area contributed by atoms with Crippen LogP contribution in [0.3, 0.4) is 0 Å². The molecule has 0 nitrogen and oxygen atoms in total. The molecule has 0 heterocycles. The zero-order chi connectivity index (χ0) is 19.2. The summed E-state index contributed by atoms with van der Waals surface area (Å²) in [6.07, 6.45) is -4.65. The molecule has 0 aliphatic heterocycles. The van der Waals surface area contributed by atoms with Crippen LogP contribution in [0.25, 0.3) is 5.03 Å². The quantitative estimate of drug-likeness (QED) is 0.434. The Hall–Kier alpha value is -1.38. The number of rotatable bonds is 3. The number of hydrogen-bond donors (Lipinski definition) is 0. The van der Waals surface area contributed by atoms with E-state index in [-0.39, 0.29) is 5.02 Å². The predicted molar refractivity (Wildman–Crippen MR) is 87.0 cm³/mol. The van der Waals surface area contributed by atoms with Gasteiger partial charge in [-0.1, -0.05) is 35.3 Å². The van der Waals surface area contributed by atoms with E-state index in [9.17, 15) is 28.7 Å². The standard InChI is InChI=1S/C15H9Cl2F7S/c16-12-5-7-13(8-6-12)25(21,22,23,24)9-14(17)10-1-3-11(4-2-10)15(18,19)20/h1-9H. The first kappa shape index (κ1) is 19.9. The first-order valence-electron chi connectivity index (χ1n) is 6.43. The van der Waals surface area contributed by atoms with Crippen LogP contribution < -0.4 is 0 Å². The van der Waals surface area contributed by atoms with Crippen molar-refractivity contribution in [1.82, 2.24) is 0 Å². The fraction of sp³-hybridized carbons (Fsp3) is 0.0667. The second kappa shape index (κ2) is 5.56. The van der Waals surface area contributed by atoms with Gasteiger partial charge < -0.3 is 0 Å². The molecular weight excluding hydrogens is 416 g/mol. The molecule has 0 aromatic heterocycles. The van der Waals surface area contributed by atoms with E-state index in [1.54, 1.807) is 0 Å². The van der Waals surface area contributed by atoms with Gasteiger partial charge >= 0.3 is 6.18 Å². The van der Waals surface area contributed by atoms with E-state index in [4.69, 9.17) is 23.2 Å². The van der Waals surface area contributed by atoms with Gasteiger partial charge in [-0.3, -0.25) is 0 Å². The molecule has 25 heavy (non-hydrogen) atoms. The zero-order valence-electron chi connectivity index (χ0n) is 12.0. The minimum Gasteiger partial charge on any atom is -0.166 e. The summed E-state index contributed by atoms with van der Waals surface area (Å²) >= 11 is 11.0. The second-order valence-electron chi connectivity index (χ2n) is 5.13. The first-order chi connectivity index (χ1) is 11.1. The van der Waals surface area contributed by atoms with Crippen LogP contribution in [-0.4, -0.2) is 0 Å². The second-order valence-corrected chi connectivity index (χ2v) is 8.94. The van der Waals surface area contributed by atoms with Crippen LogP contribution in [0, 0.1) is 0 Å². The lowest BCUT2D eigenvalue weighted by atomic mass is 10.1. The maximum Gasteiger partial charge on any atom is 0.416 e. The number of halogens is 9. The highest BCUT2D eigenvalue weighted by Gasteiger charge is 2.62. The van der Waals surface area contributed by atoms with Crippen molar-refractivity contribution < 1.29 is 28.7 Å². The van der Waals surface area contributed by atoms with Gasteiger partial charge in [0.25, 0.3) is 0 Å². The van der Waals surface area contributed by atoms with E-state index in [0.29, 0.717) is 24.3 Å². The van der Waals surface area contributed by atoms with Gasteiger partial charge in [0.05, 0.1) is 20.9 Å². The highest BCUT2D eigenvalue weighted by atomic mass is 35.5. The lowest BCUT2D eigenvalue weighted by molar-refractivity contribution is -0.137. The summed E-state index contributed by atoms with van der Waals surface area (Å²) in [7, 11) is -8.91. The predicted octanol–water partition coefficient (Wildman–Crippen LogP) is 8.37. The van der Waals surface area contributed by atoms with Crippen LogP contribution in [0.15, 0.2) is 58.8 Å². The Bertz CT molecular complexity index is 818. The van der Waals surface area contributed by atoms with Crippen molar-refractivity contribution in [2.24, 2.45) is 0 Å². The summed E-state index contributed by atoms with van der Waals surface area (Å²) < 4.78 is 94.5. The van der Waals surface area contributed by atoms with Crippen molar-refractivity contribution in [3.8, 4) is 0 Å². The van der Waals surface area contributed by atoms with E-state index >= 15 is 0 Å². The average Bonchev–Trinajstić information content (AvgIpc) is 2.45. The van der Waals surface area contributed by atoms with Gasteiger partial charge in [0.2, 0.25) is 9.84 Å². The largest absolute Gasteiger partial charge is 0.416 e. The third-order valence-electron chi connectivity index (χ3n) is 3.13. The first-order valence-corrected chi connectivity index (χ1v) is 9.30. The SMILES string of the molecule is FC(F)(F)c1ccc(C(Cl)=CS(F)(F)(F)(F)c2ccc(Cl)cc2)cc1. The molecule has 2 aromatic rings. The summed E-state index contributed by atoms with van der Waals surface area (Å²) in [6.45, 7) is 0. The fourth-order valence-corrected chi connectivity index (χ4v) is 4.06. The van der Waals surface area contributed by atoms with E-state index in [1.165, 1.54) is 0 Å². The van der Waals surface area contributed by atoms with Gasteiger partial charge in [-0.25, -0.2) is 0 Å². The molecule has 0 spiro atoms. The minimum atomic E-state index is -8.91. The maximum atomic E-state index is 14.3. The summed E-state index contributed by atoms with van der Waals surface area (Å²) in [4.78, 5) is -1.57. The van der Waals surface area contributed by atoms with Gasteiger partial charge in [0.15, 0.2) is 0 Å². The molecule has 138 valence electrons. The number of alkyl halides is 3. The monoisotopic (exact) mass is 424 g/mol. The highest BCUT2D eigenvalue weighted by Crippen LogP contribution is 3.02. The topological polar surface area (TPSA) is 0 Å². The van der Waals surface area contributed by atoms with Crippen molar-refractivity contribution in [2.75, 3.05) is 0 Å². The average molecular weight is 425 g/mol. The van der Waals surface area contributed by atoms with Crippen molar-refractivity contribution in [3.05, 3.63) is 70.1 Å². The van der Waals surface area contributed by atoms with Crippen molar-refractivity contribution in [2.45, 2.75) is 11.1 Å².